The van der Waals surface area contributed by atoms with Crippen molar-refractivity contribution in [2.24, 2.45) is 0 Å². The predicted octanol–water partition coefficient (Wildman–Crippen LogP) is 2.54. The van der Waals surface area contributed by atoms with Crippen molar-refractivity contribution in [2.45, 2.75) is 13.8 Å². The Morgan fingerprint density at radius 2 is 2.21 bits per heavy atom. The number of carbonyl (C=O) groups excluding carboxylic acids is 1. The molecule has 0 bridgehead atoms. The molecule has 0 radical (unpaired) electrons. The van der Waals surface area contributed by atoms with Crippen LogP contribution in [0.1, 0.15) is 13.8 Å². The highest BCUT2D eigenvalue weighted by Crippen LogP contribution is 2.24. The first-order valence-corrected chi connectivity index (χ1v) is 5.43. The molecule has 0 unspecified atom stereocenters. The summed E-state index contributed by atoms with van der Waals surface area (Å²) >= 11 is 6.18. The van der Waals surface area contributed by atoms with Crippen molar-refractivity contribution in [3.63, 3.8) is 0 Å². The highest BCUT2D eigenvalue weighted by Gasteiger charge is 2.21. The van der Waals surface area contributed by atoms with Gasteiger partial charge in [0, 0.05) is 0 Å². The lowest BCUT2D eigenvalue weighted by Gasteiger charge is -1.93. The normalized spacial score (nSPS) is 21.0. The van der Waals surface area contributed by atoms with Crippen LogP contribution in [0.3, 0.4) is 0 Å². The molecule has 1 N–H and O–H groups in total. The molecule has 0 aromatic rings. The van der Waals surface area contributed by atoms with Crippen LogP contribution >= 0.6 is 24.0 Å². The van der Waals surface area contributed by atoms with E-state index < -0.39 is 0 Å². The molecular weight excluding hydrogens is 214 g/mol. The third kappa shape index (κ3) is 2.82. The van der Waals surface area contributed by atoms with Gasteiger partial charge in [-0.15, -0.1) is 0 Å². The zero-order chi connectivity index (χ0) is 10.6. The molecule has 1 fully saturated rings. The van der Waals surface area contributed by atoms with Crippen molar-refractivity contribution >= 4 is 34.2 Å². The fourth-order valence-corrected chi connectivity index (χ4v) is 2.04. The van der Waals surface area contributed by atoms with Gasteiger partial charge in [0.1, 0.15) is 4.32 Å². The number of nitrogens with one attached hydrogen (secondary N) is 1. The third-order valence-electron chi connectivity index (χ3n) is 1.63. The summed E-state index contributed by atoms with van der Waals surface area (Å²) in [4.78, 5) is 12.0. The number of hydrogen-bond acceptors (Lipinski definition) is 3. The topological polar surface area (TPSA) is 29.1 Å². The summed E-state index contributed by atoms with van der Waals surface area (Å²) in [6.45, 7) is 3.87. The lowest BCUT2D eigenvalue weighted by molar-refractivity contribution is -0.115. The Morgan fingerprint density at radius 3 is 2.64 bits per heavy atom. The molecular formula is C10H11NOS2. The van der Waals surface area contributed by atoms with Crippen molar-refractivity contribution in [1.82, 2.24) is 5.32 Å². The van der Waals surface area contributed by atoms with E-state index in [9.17, 15) is 4.79 Å². The number of thiocarbonyl (C=S) groups is 1. The zero-order valence-electron chi connectivity index (χ0n) is 8.03. The summed E-state index contributed by atoms with van der Waals surface area (Å²) in [5, 5.41) is 2.57. The number of hydrogen-bond donors (Lipinski definition) is 1. The Labute approximate surface area is 93.1 Å². The Morgan fingerprint density at radius 1 is 1.50 bits per heavy atom. The molecule has 0 aliphatic carbocycles. The van der Waals surface area contributed by atoms with Crippen molar-refractivity contribution in [3.8, 4) is 0 Å². The van der Waals surface area contributed by atoms with Gasteiger partial charge in [-0.05, 0) is 25.5 Å². The van der Waals surface area contributed by atoms with E-state index in [0.29, 0.717) is 9.23 Å². The number of amides is 1. The fraction of sp³-hybridized carbons (Fsp3) is 0.200. The average molecular weight is 225 g/mol. The fourth-order valence-electron chi connectivity index (χ4n) is 0.993. The van der Waals surface area contributed by atoms with Gasteiger partial charge in [0.05, 0.1) is 4.91 Å². The summed E-state index contributed by atoms with van der Waals surface area (Å²) in [6, 6.07) is 0. The van der Waals surface area contributed by atoms with Crippen LogP contribution in [0, 0.1) is 0 Å². The number of rotatable bonds is 2. The van der Waals surface area contributed by atoms with Gasteiger partial charge in [0.25, 0.3) is 5.91 Å². The highest BCUT2D eigenvalue weighted by molar-refractivity contribution is 8.26. The van der Waals surface area contributed by atoms with Gasteiger partial charge in [0.15, 0.2) is 0 Å². The minimum absolute atomic E-state index is 0.108. The summed E-state index contributed by atoms with van der Waals surface area (Å²) < 4.78 is 0.525. The molecule has 0 saturated carbocycles. The number of carbonyl (C=O) groups is 1. The van der Waals surface area contributed by atoms with Crippen LogP contribution in [0.5, 0.6) is 0 Å². The van der Waals surface area contributed by atoms with Crippen LogP contribution in [0.25, 0.3) is 0 Å². The lowest BCUT2D eigenvalue weighted by atomic mass is 10.2. The second-order valence-corrected chi connectivity index (χ2v) is 4.36. The maximum atomic E-state index is 11.3. The van der Waals surface area contributed by atoms with Gasteiger partial charge in [-0.1, -0.05) is 42.2 Å². The lowest BCUT2D eigenvalue weighted by Crippen LogP contribution is -2.17. The van der Waals surface area contributed by atoms with Crippen molar-refractivity contribution in [1.29, 1.82) is 0 Å². The van der Waals surface area contributed by atoms with Crippen LogP contribution in [0.2, 0.25) is 0 Å². The molecule has 0 aromatic heterocycles. The van der Waals surface area contributed by atoms with Crippen LogP contribution < -0.4 is 5.32 Å². The summed E-state index contributed by atoms with van der Waals surface area (Å²) in [6.07, 6.45) is 7.66. The monoisotopic (exact) mass is 225 g/mol. The molecule has 2 nitrogen and oxygen atoms in total. The molecule has 0 atom stereocenters. The molecule has 4 heteroatoms. The molecule has 1 rings (SSSR count). The van der Waals surface area contributed by atoms with Crippen molar-refractivity contribution in [2.75, 3.05) is 0 Å². The Balaban J connectivity index is 2.87. The first-order valence-electron chi connectivity index (χ1n) is 4.21. The van der Waals surface area contributed by atoms with E-state index in [2.05, 4.69) is 5.32 Å². The Kier molecular flexibility index (Phi) is 4.10. The van der Waals surface area contributed by atoms with Crippen LogP contribution in [0.4, 0.5) is 0 Å². The quantitative estimate of drug-likeness (QED) is 0.445. The van der Waals surface area contributed by atoms with E-state index in [0.717, 1.165) is 5.57 Å². The largest absolute Gasteiger partial charge is 0.307 e. The van der Waals surface area contributed by atoms with E-state index in [-0.39, 0.29) is 5.91 Å². The van der Waals surface area contributed by atoms with Crippen LogP contribution in [0.15, 0.2) is 34.8 Å². The predicted molar refractivity (Wildman–Crippen MR) is 65.0 cm³/mol. The van der Waals surface area contributed by atoms with Crippen LogP contribution in [-0.4, -0.2) is 10.2 Å². The maximum absolute atomic E-state index is 11.3. The average Bonchev–Trinajstić information content (AvgIpc) is 2.44. The van der Waals surface area contributed by atoms with Gasteiger partial charge in [0.2, 0.25) is 0 Å². The molecule has 74 valence electrons. The highest BCUT2D eigenvalue weighted by atomic mass is 32.2. The molecule has 1 saturated heterocycles. The van der Waals surface area contributed by atoms with E-state index in [1.54, 1.807) is 0 Å². The summed E-state index contributed by atoms with van der Waals surface area (Å²) in [7, 11) is 0. The molecule has 1 aliphatic heterocycles. The maximum Gasteiger partial charge on any atom is 0.263 e. The van der Waals surface area contributed by atoms with Gasteiger partial charge in [-0.25, -0.2) is 0 Å². The first-order chi connectivity index (χ1) is 6.67. The van der Waals surface area contributed by atoms with Gasteiger partial charge < -0.3 is 5.32 Å². The smallest absolute Gasteiger partial charge is 0.263 e. The minimum atomic E-state index is -0.108. The molecule has 1 amide bonds. The second kappa shape index (κ2) is 5.12. The van der Waals surface area contributed by atoms with Crippen molar-refractivity contribution < 1.29 is 4.79 Å². The number of thioether (sulfide) groups is 1. The standard InChI is InChI=1S/C10H11NOS2/c1-3-5-7(4-2)6-8-9(12)11-10(13)14-8/h3-6H,1-2H3,(H,11,12,13)/b5-3-,7-4+,8-6-. The zero-order valence-corrected chi connectivity index (χ0v) is 9.67. The second-order valence-electron chi connectivity index (χ2n) is 2.64. The molecule has 1 aliphatic rings. The van der Waals surface area contributed by atoms with E-state index in [4.69, 9.17) is 12.2 Å². The van der Waals surface area contributed by atoms with Gasteiger partial charge in [-0.2, -0.15) is 0 Å². The Bertz CT molecular complexity index is 353. The van der Waals surface area contributed by atoms with E-state index in [1.165, 1.54) is 11.8 Å². The summed E-state index contributed by atoms with van der Waals surface area (Å²) in [5.74, 6) is -0.108. The summed E-state index contributed by atoms with van der Waals surface area (Å²) in [5.41, 5.74) is 1.01. The molecule has 0 spiro atoms. The minimum Gasteiger partial charge on any atom is -0.307 e. The SMILES string of the molecule is C\C=C/C(/C=C1\SC(=S)NC1=O)=C\C. The van der Waals surface area contributed by atoms with Gasteiger partial charge >= 0.3 is 0 Å². The first kappa shape index (κ1) is 11.2. The molecule has 0 aromatic carbocycles. The number of allylic oxidation sites excluding steroid dienone is 5. The molecule has 14 heavy (non-hydrogen) atoms. The van der Waals surface area contributed by atoms with E-state index in [1.807, 2.05) is 38.2 Å². The van der Waals surface area contributed by atoms with Crippen molar-refractivity contribution in [3.05, 3.63) is 34.8 Å². The Hall–Kier alpha value is -0.870. The van der Waals surface area contributed by atoms with Gasteiger partial charge in [-0.3, -0.25) is 4.79 Å². The third-order valence-corrected chi connectivity index (χ3v) is 2.79. The molecule has 1 heterocycles. The van der Waals surface area contributed by atoms with Crippen LogP contribution in [-0.2, 0) is 4.79 Å². The van der Waals surface area contributed by atoms with E-state index >= 15 is 0 Å².